The lowest BCUT2D eigenvalue weighted by molar-refractivity contribution is -0.00926. The maximum atomic E-state index is 13.8. The molecular formula is C19H12F5NO5S. The first-order chi connectivity index (χ1) is 14.5. The molecule has 0 atom stereocenters. The van der Waals surface area contributed by atoms with Gasteiger partial charge in [-0.25, -0.2) is 27.0 Å². The number of amides is 1. The Morgan fingerprint density at radius 1 is 0.839 bits per heavy atom. The number of methoxy groups -OCH3 is 1. The number of nitrogens with zero attached hydrogens (tertiary/aromatic N) is 1. The third kappa shape index (κ3) is 4.03. The van der Waals surface area contributed by atoms with Crippen molar-refractivity contribution in [3.8, 4) is 5.75 Å². The van der Waals surface area contributed by atoms with Gasteiger partial charge in [0.2, 0.25) is 5.82 Å². The van der Waals surface area contributed by atoms with Gasteiger partial charge in [0.05, 0.1) is 7.11 Å². The predicted octanol–water partition coefficient (Wildman–Crippen LogP) is 3.94. The van der Waals surface area contributed by atoms with Gasteiger partial charge in [0.15, 0.2) is 28.2 Å². The van der Waals surface area contributed by atoms with E-state index >= 15 is 0 Å². The van der Waals surface area contributed by atoms with Gasteiger partial charge in [0.25, 0.3) is 5.91 Å². The first kappa shape index (κ1) is 22.4. The minimum Gasteiger partial charge on any atom is -0.497 e. The quantitative estimate of drug-likeness (QED) is 0.249. The maximum Gasteiger partial charge on any atom is 0.323 e. The van der Waals surface area contributed by atoms with E-state index in [2.05, 4.69) is 4.28 Å². The van der Waals surface area contributed by atoms with Crippen molar-refractivity contribution in [2.24, 2.45) is 0 Å². The summed E-state index contributed by atoms with van der Waals surface area (Å²) in [6.07, 6.45) is 0. The monoisotopic (exact) mass is 461 g/mol. The van der Waals surface area contributed by atoms with E-state index in [0.29, 0.717) is 16.5 Å². The Labute approximate surface area is 172 Å². The van der Waals surface area contributed by atoms with Crippen LogP contribution in [0.25, 0.3) is 10.8 Å². The molecule has 0 aliphatic carbocycles. The Kier molecular flexibility index (Phi) is 5.87. The molecule has 0 heterocycles. The number of halogens is 5. The number of hydrogen-bond donors (Lipinski definition) is 0. The number of ether oxygens (including phenoxy) is 1. The van der Waals surface area contributed by atoms with Gasteiger partial charge in [-0.1, -0.05) is 12.1 Å². The normalized spacial score (nSPS) is 11.6. The van der Waals surface area contributed by atoms with E-state index in [0.717, 1.165) is 7.05 Å². The number of fused-ring (bicyclic) bond motifs is 1. The number of carbonyl (C=O) groups is 1. The average Bonchev–Trinajstić information content (AvgIpc) is 2.74. The van der Waals surface area contributed by atoms with Gasteiger partial charge in [-0.05, 0) is 35.0 Å². The molecule has 3 aromatic rings. The molecule has 0 N–H and O–H groups in total. The van der Waals surface area contributed by atoms with Crippen molar-refractivity contribution in [1.29, 1.82) is 0 Å². The molecule has 0 aliphatic heterocycles. The van der Waals surface area contributed by atoms with Gasteiger partial charge in [-0.15, -0.1) is 4.28 Å². The highest BCUT2D eigenvalue weighted by molar-refractivity contribution is 7.86. The zero-order valence-corrected chi connectivity index (χ0v) is 16.6. The van der Waals surface area contributed by atoms with Crippen molar-refractivity contribution in [2.45, 2.75) is 4.90 Å². The standard InChI is InChI=1S/C19H12F5NO5S/c1-25(19(26)11-4-3-10-8-12(29-2)6-5-9(10)7-11)30-31(27,28)18-16(23)14(21)13(20)15(22)17(18)24/h3-8H,1-2H3. The van der Waals surface area contributed by atoms with Crippen LogP contribution in [0.3, 0.4) is 0 Å². The Bertz CT molecular complexity index is 1280. The van der Waals surface area contributed by atoms with Crippen molar-refractivity contribution in [1.82, 2.24) is 5.06 Å². The second-order valence-electron chi connectivity index (χ2n) is 6.16. The van der Waals surface area contributed by atoms with Crippen LogP contribution >= 0.6 is 0 Å². The first-order valence-corrected chi connectivity index (χ1v) is 9.70. The van der Waals surface area contributed by atoms with Crippen LogP contribution in [-0.4, -0.2) is 33.5 Å². The minimum atomic E-state index is -5.60. The molecule has 0 spiro atoms. The van der Waals surface area contributed by atoms with Gasteiger partial charge in [0.1, 0.15) is 5.75 Å². The smallest absolute Gasteiger partial charge is 0.323 e. The number of rotatable bonds is 5. The van der Waals surface area contributed by atoms with Crippen LogP contribution in [0.2, 0.25) is 0 Å². The van der Waals surface area contributed by atoms with Gasteiger partial charge in [0, 0.05) is 12.6 Å². The lowest BCUT2D eigenvalue weighted by atomic mass is 10.1. The molecule has 3 rings (SSSR count). The van der Waals surface area contributed by atoms with E-state index in [4.69, 9.17) is 4.74 Å². The molecule has 0 unspecified atom stereocenters. The van der Waals surface area contributed by atoms with Crippen LogP contribution in [0.5, 0.6) is 5.75 Å². The SMILES string of the molecule is COc1ccc2cc(C(=O)N(C)OS(=O)(=O)c3c(F)c(F)c(F)c(F)c3F)ccc2c1. The summed E-state index contributed by atoms with van der Waals surface area (Å²) in [6, 6.07) is 9.13. The molecule has 0 aromatic heterocycles. The summed E-state index contributed by atoms with van der Waals surface area (Å²) in [6.45, 7) is 0. The van der Waals surface area contributed by atoms with Crippen LogP contribution in [-0.2, 0) is 14.4 Å². The van der Waals surface area contributed by atoms with E-state index in [1.165, 1.54) is 25.3 Å². The zero-order chi connectivity index (χ0) is 23.1. The molecule has 1 amide bonds. The largest absolute Gasteiger partial charge is 0.497 e. The molecule has 0 fully saturated rings. The van der Waals surface area contributed by atoms with E-state index in [9.17, 15) is 35.2 Å². The van der Waals surface area contributed by atoms with Crippen LogP contribution in [0.15, 0.2) is 41.3 Å². The molecular weight excluding hydrogens is 449 g/mol. The number of carbonyl (C=O) groups excluding carboxylic acids is 1. The maximum absolute atomic E-state index is 13.8. The first-order valence-electron chi connectivity index (χ1n) is 8.29. The highest BCUT2D eigenvalue weighted by Gasteiger charge is 2.36. The third-order valence-electron chi connectivity index (χ3n) is 4.21. The molecule has 31 heavy (non-hydrogen) atoms. The van der Waals surface area contributed by atoms with Crippen molar-refractivity contribution in [3.05, 3.63) is 71.0 Å². The lowest BCUT2D eigenvalue weighted by Crippen LogP contribution is -2.31. The molecule has 0 saturated heterocycles. The van der Waals surface area contributed by atoms with Crippen LogP contribution < -0.4 is 4.74 Å². The highest BCUT2D eigenvalue weighted by Crippen LogP contribution is 2.29. The van der Waals surface area contributed by atoms with Crippen LogP contribution in [0.1, 0.15) is 10.4 Å². The molecule has 164 valence electrons. The van der Waals surface area contributed by atoms with Crippen molar-refractivity contribution in [3.63, 3.8) is 0 Å². The zero-order valence-electron chi connectivity index (χ0n) is 15.8. The summed E-state index contributed by atoms with van der Waals surface area (Å²) in [7, 11) is -3.33. The summed E-state index contributed by atoms with van der Waals surface area (Å²) in [5, 5.41) is 1.36. The Hall–Kier alpha value is -3.25. The third-order valence-corrected chi connectivity index (χ3v) is 5.49. The van der Waals surface area contributed by atoms with E-state index in [-0.39, 0.29) is 10.6 Å². The number of hydroxylamine groups is 2. The second kappa shape index (κ2) is 8.12. The highest BCUT2D eigenvalue weighted by atomic mass is 32.2. The van der Waals surface area contributed by atoms with Crippen molar-refractivity contribution < 1.29 is 44.2 Å². The summed E-state index contributed by atoms with van der Waals surface area (Å²) in [5.41, 5.74) is -0.0761. The molecule has 0 radical (unpaired) electrons. The lowest BCUT2D eigenvalue weighted by Gasteiger charge is -2.17. The number of hydrogen-bond acceptors (Lipinski definition) is 5. The summed E-state index contributed by atoms with van der Waals surface area (Å²) in [4.78, 5) is 10.3. The van der Waals surface area contributed by atoms with Crippen molar-refractivity contribution >= 4 is 26.8 Å². The Balaban J connectivity index is 1.93. The van der Waals surface area contributed by atoms with Gasteiger partial charge in [-0.2, -0.15) is 8.42 Å². The fourth-order valence-electron chi connectivity index (χ4n) is 2.69. The van der Waals surface area contributed by atoms with Crippen LogP contribution in [0.4, 0.5) is 22.0 Å². The molecule has 6 nitrogen and oxygen atoms in total. The average molecular weight is 461 g/mol. The van der Waals surface area contributed by atoms with Crippen molar-refractivity contribution in [2.75, 3.05) is 14.2 Å². The fourth-order valence-corrected chi connectivity index (χ4v) is 3.74. The molecule has 0 aliphatic rings. The van der Waals surface area contributed by atoms with E-state index in [1.807, 2.05) is 0 Å². The summed E-state index contributed by atoms with van der Waals surface area (Å²) < 4.78 is 101. The fraction of sp³-hybridized carbons (Fsp3) is 0.105. The van der Waals surface area contributed by atoms with Gasteiger partial charge < -0.3 is 4.74 Å². The second-order valence-corrected chi connectivity index (χ2v) is 7.62. The van der Waals surface area contributed by atoms with Crippen LogP contribution in [0, 0.1) is 29.1 Å². The topological polar surface area (TPSA) is 72.9 Å². The Morgan fingerprint density at radius 3 is 1.94 bits per heavy atom. The van der Waals surface area contributed by atoms with E-state index < -0.39 is 50.0 Å². The molecule has 3 aromatic carbocycles. The molecule has 0 saturated carbocycles. The Morgan fingerprint density at radius 2 is 1.35 bits per heavy atom. The van der Waals surface area contributed by atoms with E-state index in [1.54, 1.807) is 18.2 Å². The predicted molar refractivity (Wildman–Crippen MR) is 97.1 cm³/mol. The molecule has 12 heteroatoms. The molecule has 0 bridgehead atoms. The summed E-state index contributed by atoms with van der Waals surface area (Å²) in [5.74, 6) is -13.2. The van der Waals surface area contributed by atoms with Gasteiger partial charge in [-0.3, -0.25) is 4.79 Å². The summed E-state index contributed by atoms with van der Waals surface area (Å²) >= 11 is 0. The minimum absolute atomic E-state index is 0.0761. The van der Waals surface area contributed by atoms with Gasteiger partial charge >= 0.3 is 10.1 Å². The number of benzene rings is 3.